The van der Waals surface area contributed by atoms with Gasteiger partial charge < -0.3 is 20.6 Å². The molecule has 4 N–H and O–H groups in total. The van der Waals surface area contributed by atoms with Crippen molar-refractivity contribution in [1.29, 1.82) is 0 Å². The minimum atomic E-state index is -0.721. The lowest BCUT2D eigenvalue weighted by molar-refractivity contribution is 0.106. The van der Waals surface area contributed by atoms with Crippen molar-refractivity contribution >= 4 is 17.0 Å². The minimum absolute atomic E-state index is 0.159. The molecule has 0 aliphatic heterocycles. The number of fused-ring (bicyclic) bond motifs is 1. The number of hydrogen-bond acceptors (Lipinski definition) is 6. The second kappa shape index (κ2) is 5.76. The van der Waals surface area contributed by atoms with E-state index in [2.05, 4.69) is 19.9 Å². The molecule has 0 aliphatic carbocycles. The number of nitrogens with one attached hydrogen (secondary N) is 1. The summed E-state index contributed by atoms with van der Waals surface area (Å²) in [6.07, 6.45) is 1.04. The lowest BCUT2D eigenvalue weighted by Gasteiger charge is -2.11. The fraction of sp³-hybridized carbons (Fsp3) is 0.214. The highest BCUT2D eigenvalue weighted by atomic mass is 16.5. The highest BCUT2D eigenvalue weighted by Crippen LogP contribution is 2.14. The van der Waals surface area contributed by atoms with Crippen LogP contribution in [0.3, 0.4) is 0 Å². The standard InChI is InChI=1S/C14H15N5O2/c15-13-12-14(17-8-16-12)19-11(18-13)6-9(20)7-21-10-4-2-1-3-5-10/h1-5,8-9,20H,6-7H2,(H3,15,16,17,18,19). The van der Waals surface area contributed by atoms with Gasteiger partial charge in [-0.05, 0) is 12.1 Å². The Balaban J connectivity index is 1.64. The molecule has 0 aliphatic rings. The molecule has 2 aromatic heterocycles. The maximum Gasteiger partial charge on any atom is 0.183 e. The Hall–Kier alpha value is -2.67. The molecule has 3 rings (SSSR count). The van der Waals surface area contributed by atoms with Crippen LogP contribution in [-0.4, -0.2) is 37.8 Å². The van der Waals surface area contributed by atoms with Crippen LogP contribution in [0.15, 0.2) is 36.7 Å². The number of nitrogens with zero attached hydrogens (tertiary/aromatic N) is 3. The van der Waals surface area contributed by atoms with Crippen LogP contribution in [-0.2, 0) is 6.42 Å². The number of hydrogen-bond donors (Lipinski definition) is 3. The monoisotopic (exact) mass is 285 g/mol. The molecule has 108 valence electrons. The Labute approximate surface area is 120 Å². The van der Waals surface area contributed by atoms with Gasteiger partial charge in [0.2, 0.25) is 0 Å². The zero-order chi connectivity index (χ0) is 14.7. The third-order valence-corrected chi connectivity index (χ3v) is 2.96. The van der Waals surface area contributed by atoms with E-state index in [0.717, 1.165) is 0 Å². The Morgan fingerprint density at radius 2 is 2.05 bits per heavy atom. The van der Waals surface area contributed by atoms with E-state index >= 15 is 0 Å². The molecule has 0 bridgehead atoms. The first kappa shape index (κ1) is 13.3. The van der Waals surface area contributed by atoms with Gasteiger partial charge in [-0.2, -0.15) is 0 Å². The first-order chi connectivity index (χ1) is 10.2. The predicted molar refractivity (Wildman–Crippen MR) is 77.7 cm³/mol. The molecule has 0 fully saturated rings. The normalized spacial score (nSPS) is 12.4. The van der Waals surface area contributed by atoms with E-state index in [4.69, 9.17) is 10.5 Å². The number of nitrogen functional groups attached to an aromatic ring is 1. The average molecular weight is 285 g/mol. The fourth-order valence-electron chi connectivity index (χ4n) is 1.97. The quantitative estimate of drug-likeness (QED) is 0.643. The van der Waals surface area contributed by atoms with E-state index in [9.17, 15) is 5.11 Å². The summed E-state index contributed by atoms with van der Waals surface area (Å²) in [5.74, 6) is 1.47. The first-order valence-electron chi connectivity index (χ1n) is 6.54. The van der Waals surface area contributed by atoms with Gasteiger partial charge in [0, 0.05) is 6.42 Å². The molecule has 1 atom stereocenters. The van der Waals surface area contributed by atoms with Gasteiger partial charge in [0.05, 0.1) is 12.4 Å². The highest BCUT2D eigenvalue weighted by molar-refractivity contribution is 5.80. The van der Waals surface area contributed by atoms with Gasteiger partial charge in [-0.15, -0.1) is 0 Å². The lowest BCUT2D eigenvalue weighted by Crippen LogP contribution is -2.21. The van der Waals surface area contributed by atoms with Crippen LogP contribution in [0.25, 0.3) is 11.2 Å². The van der Waals surface area contributed by atoms with Crippen molar-refractivity contribution in [3.63, 3.8) is 0 Å². The molecule has 0 saturated heterocycles. The summed E-state index contributed by atoms with van der Waals surface area (Å²) in [4.78, 5) is 15.3. The van der Waals surface area contributed by atoms with Crippen LogP contribution < -0.4 is 10.5 Å². The van der Waals surface area contributed by atoms with Crippen LogP contribution in [0.1, 0.15) is 5.82 Å². The van der Waals surface area contributed by atoms with Gasteiger partial charge in [0.15, 0.2) is 11.5 Å². The second-order valence-electron chi connectivity index (χ2n) is 4.61. The summed E-state index contributed by atoms with van der Waals surface area (Å²) in [6, 6.07) is 9.31. The summed E-state index contributed by atoms with van der Waals surface area (Å²) in [5, 5.41) is 10.0. The van der Waals surface area contributed by atoms with Crippen LogP contribution in [0, 0.1) is 0 Å². The number of benzene rings is 1. The van der Waals surface area contributed by atoms with E-state index < -0.39 is 6.10 Å². The van der Waals surface area contributed by atoms with Crippen molar-refractivity contribution in [1.82, 2.24) is 19.9 Å². The molecule has 2 heterocycles. The van der Waals surface area contributed by atoms with Crippen LogP contribution in [0.4, 0.5) is 5.82 Å². The van der Waals surface area contributed by atoms with Crippen molar-refractivity contribution in [2.24, 2.45) is 0 Å². The summed E-state index contributed by atoms with van der Waals surface area (Å²) >= 11 is 0. The van der Waals surface area contributed by atoms with E-state index in [0.29, 0.717) is 28.6 Å². The number of anilines is 1. The van der Waals surface area contributed by atoms with Crippen LogP contribution in [0.5, 0.6) is 5.75 Å². The fourth-order valence-corrected chi connectivity index (χ4v) is 1.97. The van der Waals surface area contributed by atoms with E-state index in [-0.39, 0.29) is 13.0 Å². The van der Waals surface area contributed by atoms with E-state index in [1.54, 1.807) is 0 Å². The summed E-state index contributed by atoms with van der Waals surface area (Å²) in [7, 11) is 0. The number of aromatic amines is 1. The number of ether oxygens (including phenoxy) is 1. The van der Waals surface area contributed by atoms with Crippen molar-refractivity contribution < 1.29 is 9.84 Å². The maximum absolute atomic E-state index is 10.0. The summed E-state index contributed by atoms with van der Waals surface area (Å²) < 4.78 is 5.48. The first-order valence-corrected chi connectivity index (χ1v) is 6.54. The number of imidazole rings is 1. The Morgan fingerprint density at radius 1 is 1.24 bits per heavy atom. The van der Waals surface area contributed by atoms with Gasteiger partial charge in [0.1, 0.15) is 23.7 Å². The Bertz CT molecular complexity index is 729. The smallest absolute Gasteiger partial charge is 0.183 e. The Morgan fingerprint density at radius 3 is 2.86 bits per heavy atom. The predicted octanol–water partition coefficient (Wildman–Crippen LogP) is 0.918. The number of aliphatic hydroxyl groups is 1. The molecule has 0 radical (unpaired) electrons. The molecule has 1 aromatic carbocycles. The largest absolute Gasteiger partial charge is 0.491 e. The van der Waals surface area contributed by atoms with Gasteiger partial charge >= 0.3 is 0 Å². The van der Waals surface area contributed by atoms with Gasteiger partial charge in [-0.25, -0.2) is 15.0 Å². The van der Waals surface area contributed by atoms with Gasteiger partial charge in [0.25, 0.3) is 0 Å². The van der Waals surface area contributed by atoms with Crippen molar-refractivity contribution in [3.05, 3.63) is 42.5 Å². The topological polar surface area (TPSA) is 110 Å². The molecule has 21 heavy (non-hydrogen) atoms. The molecule has 1 unspecified atom stereocenters. The SMILES string of the molecule is Nc1nc(CC(O)COc2ccccc2)nc2nc[nH]c12. The number of rotatable bonds is 5. The molecular formula is C14H15N5O2. The average Bonchev–Trinajstić information content (AvgIpc) is 2.95. The minimum Gasteiger partial charge on any atom is -0.491 e. The third-order valence-electron chi connectivity index (χ3n) is 2.96. The van der Waals surface area contributed by atoms with Crippen molar-refractivity contribution in [2.75, 3.05) is 12.3 Å². The van der Waals surface area contributed by atoms with E-state index in [1.165, 1.54) is 6.33 Å². The molecule has 0 saturated carbocycles. The lowest BCUT2D eigenvalue weighted by atomic mass is 10.2. The molecule has 0 spiro atoms. The zero-order valence-electron chi connectivity index (χ0n) is 11.2. The number of para-hydroxylation sites is 1. The van der Waals surface area contributed by atoms with Crippen molar-refractivity contribution in [3.8, 4) is 5.75 Å². The van der Waals surface area contributed by atoms with Gasteiger partial charge in [-0.3, -0.25) is 0 Å². The molecular weight excluding hydrogens is 270 g/mol. The van der Waals surface area contributed by atoms with Gasteiger partial charge in [-0.1, -0.05) is 18.2 Å². The number of aromatic nitrogens is 4. The highest BCUT2D eigenvalue weighted by Gasteiger charge is 2.12. The summed E-state index contributed by atoms with van der Waals surface area (Å²) in [6.45, 7) is 0.159. The van der Waals surface area contributed by atoms with Crippen LogP contribution in [0.2, 0.25) is 0 Å². The maximum atomic E-state index is 10.0. The molecule has 7 heteroatoms. The van der Waals surface area contributed by atoms with Crippen LogP contribution >= 0.6 is 0 Å². The van der Waals surface area contributed by atoms with Crippen molar-refractivity contribution in [2.45, 2.75) is 12.5 Å². The molecule has 7 nitrogen and oxygen atoms in total. The zero-order valence-corrected chi connectivity index (χ0v) is 11.2. The Kier molecular flexibility index (Phi) is 3.65. The van der Waals surface area contributed by atoms with E-state index in [1.807, 2.05) is 30.3 Å². The number of H-pyrrole nitrogens is 1. The third kappa shape index (κ3) is 3.09. The second-order valence-corrected chi connectivity index (χ2v) is 4.61. The number of nitrogens with two attached hydrogens (primary N) is 1. The molecule has 0 amide bonds. The summed E-state index contributed by atoms with van der Waals surface area (Å²) in [5.41, 5.74) is 6.91. The number of aliphatic hydroxyl groups excluding tert-OH is 1. The molecule has 3 aromatic rings.